The second-order valence-electron chi connectivity index (χ2n) is 7.25. The van der Waals surface area contributed by atoms with Crippen molar-refractivity contribution in [2.75, 3.05) is 32.1 Å². The number of nitro groups is 1. The molecule has 29 heavy (non-hydrogen) atoms. The first kappa shape index (κ1) is 20.5. The molecule has 8 nitrogen and oxygen atoms in total. The van der Waals surface area contributed by atoms with E-state index in [1.54, 1.807) is 55.4 Å². The fourth-order valence-electron chi connectivity index (χ4n) is 3.46. The molecule has 2 aromatic carbocycles. The molecule has 0 aromatic heterocycles. The number of hydrogen-bond acceptors (Lipinski definition) is 6. The Morgan fingerprint density at radius 1 is 1.17 bits per heavy atom. The monoisotopic (exact) mass is 396 g/mol. The van der Waals surface area contributed by atoms with Crippen LogP contribution in [0.4, 0.5) is 11.4 Å². The van der Waals surface area contributed by atoms with Gasteiger partial charge < -0.3 is 15.5 Å². The van der Waals surface area contributed by atoms with Crippen LogP contribution >= 0.6 is 0 Å². The maximum Gasteiger partial charge on any atom is 0.293 e. The number of nitro benzene ring substituents is 1. The summed E-state index contributed by atoms with van der Waals surface area (Å²) in [5, 5.41) is 17.6. The molecule has 0 unspecified atom stereocenters. The predicted octanol–water partition coefficient (Wildman–Crippen LogP) is 2.37. The molecular formula is C21H24N4O4. The topological polar surface area (TPSA) is 105 Å². The summed E-state index contributed by atoms with van der Waals surface area (Å²) in [6, 6.07) is 10.9. The van der Waals surface area contributed by atoms with Gasteiger partial charge in [0.25, 0.3) is 11.6 Å². The molecule has 2 N–H and O–H groups in total. The lowest BCUT2D eigenvalue weighted by Crippen LogP contribution is -2.45. The molecule has 1 heterocycles. The highest BCUT2D eigenvalue weighted by atomic mass is 16.6. The molecule has 0 aliphatic carbocycles. The Kier molecular flexibility index (Phi) is 6.23. The van der Waals surface area contributed by atoms with Crippen molar-refractivity contribution in [2.24, 2.45) is 0 Å². The van der Waals surface area contributed by atoms with E-state index in [9.17, 15) is 19.7 Å². The fourth-order valence-corrected chi connectivity index (χ4v) is 3.46. The third kappa shape index (κ3) is 4.60. The molecule has 1 saturated heterocycles. The third-order valence-corrected chi connectivity index (χ3v) is 4.96. The average Bonchev–Trinajstić information content (AvgIpc) is 2.73. The zero-order valence-electron chi connectivity index (χ0n) is 16.5. The fraction of sp³-hybridized carbons (Fsp3) is 0.333. The number of ketones is 1. The highest BCUT2D eigenvalue weighted by molar-refractivity contribution is 6.15. The first-order valence-corrected chi connectivity index (χ1v) is 9.49. The van der Waals surface area contributed by atoms with E-state index in [1.807, 2.05) is 0 Å². The third-order valence-electron chi connectivity index (χ3n) is 4.96. The number of amides is 1. The van der Waals surface area contributed by atoms with Crippen LogP contribution in [0, 0.1) is 10.1 Å². The maximum atomic E-state index is 13.1. The summed E-state index contributed by atoms with van der Waals surface area (Å²) >= 11 is 0. The van der Waals surface area contributed by atoms with E-state index in [0.29, 0.717) is 12.2 Å². The van der Waals surface area contributed by atoms with Crippen LogP contribution in [-0.2, 0) is 0 Å². The SMILES string of the molecule is CN(C)c1ccc(C(=O)c2ccccc2C(=O)N[C@H]2CCCNC2)cc1[N+](=O)[O-]. The van der Waals surface area contributed by atoms with E-state index in [1.165, 1.54) is 6.07 Å². The number of nitrogens with one attached hydrogen (secondary N) is 2. The number of hydrogen-bond donors (Lipinski definition) is 2. The lowest BCUT2D eigenvalue weighted by Gasteiger charge is -2.24. The van der Waals surface area contributed by atoms with Gasteiger partial charge in [-0.3, -0.25) is 19.7 Å². The van der Waals surface area contributed by atoms with Crippen LogP contribution in [0.25, 0.3) is 0 Å². The number of benzene rings is 2. The van der Waals surface area contributed by atoms with E-state index < -0.39 is 10.7 Å². The molecule has 1 aliphatic heterocycles. The van der Waals surface area contributed by atoms with E-state index in [-0.39, 0.29) is 34.3 Å². The van der Waals surface area contributed by atoms with E-state index >= 15 is 0 Å². The van der Waals surface area contributed by atoms with Gasteiger partial charge in [0.2, 0.25) is 0 Å². The number of rotatable bonds is 6. The summed E-state index contributed by atoms with van der Waals surface area (Å²) in [5.74, 6) is -0.743. The average molecular weight is 396 g/mol. The minimum Gasteiger partial charge on any atom is -0.372 e. The number of anilines is 1. The summed E-state index contributed by atoms with van der Waals surface area (Å²) in [6.07, 6.45) is 1.86. The van der Waals surface area contributed by atoms with Crippen LogP contribution in [0.2, 0.25) is 0 Å². The van der Waals surface area contributed by atoms with Crippen LogP contribution < -0.4 is 15.5 Å². The zero-order chi connectivity index (χ0) is 21.0. The lowest BCUT2D eigenvalue weighted by atomic mass is 9.96. The van der Waals surface area contributed by atoms with Gasteiger partial charge in [0, 0.05) is 43.9 Å². The number of carbonyl (C=O) groups is 2. The van der Waals surface area contributed by atoms with Crippen LogP contribution in [0.3, 0.4) is 0 Å². The summed E-state index contributed by atoms with van der Waals surface area (Å²) in [4.78, 5) is 38.4. The van der Waals surface area contributed by atoms with Crippen molar-refractivity contribution in [3.05, 3.63) is 69.3 Å². The van der Waals surface area contributed by atoms with Crippen molar-refractivity contribution < 1.29 is 14.5 Å². The van der Waals surface area contributed by atoms with Gasteiger partial charge in [-0.15, -0.1) is 0 Å². The maximum absolute atomic E-state index is 13.1. The molecule has 152 valence electrons. The first-order chi connectivity index (χ1) is 13.9. The molecule has 0 saturated carbocycles. The molecule has 8 heteroatoms. The Labute approximate surface area is 169 Å². The van der Waals surface area contributed by atoms with Crippen molar-refractivity contribution in [3.63, 3.8) is 0 Å². The van der Waals surface area contributed by atoms with Gasteiger partial charge in [0.15, 0.2) is 5.78 Å². The van der Waals surface area contributed by atoms with E-state index in [0.717, 1.165) is 19.4 Å². The van der Waals surface area contributed by atoms with Crippen LogP contribution in [-0.4, -0.2) is 49.8 Å². The first-order valence-electron chi connectivity index (χ1n) is 9.49. The molecule has 1 aliphatic rings. The molecule has 1 atom stereocenters. The van der Waals surface area contributed by atoms with Gasteiger partial charge in [-0.25, -0.2) is 0 Å². The van der Waals surface area contributed by atoms with Crippen LogP contribution in [0.1, 0.15) is 39.1 Å². The molecule has 2 aromatic rings. The van der Waals surface area contributed by atoms with E-state index in [2.05, 4.69) is 10.6 Å². The van der Waals surface area contributed by atoms with Gasteiger partial charge in [-0.2, -0.15) is 0 Å². The molecule has 1 amide bonds. The van der Waals surface area contributed by atoms with E-state index in [4.69, 9.17) is 0 Å². The highest BCUT2D eigenvalue weighted by Crippen LogP contribution is 2.29. The zero-order valence-corrected chi connectivity index (χ0v) is 16.5. The summed E-state index contributed by atoms with van der Waals surface area (Å²) in [5.41, 5.74) is 0.906. The second kappa shape index (κ2) is 8.83. The minimum absolute atomic E-state index is 0.0138. The molecule has 0 spiro atoms. The summed E-state index contributed by atoms with van der Waals surface area (Å²) in [6.45, 7) is 1.63. The molecule has 1 fully saturated rings. The molecule has 0 bridgehead atoms. The Bertz CT molecular complexity index is 936. The van der Waals surface area contributed by atoms with Gasteiger partial charge in [-0.05, 0) is 37.6 Å². The lowest BCUT2D eigenvalue weighted by molar-refractivity contribution is -0.384. The van der Waals surface area contributed by atoms with Crippen molar-refractivity contribution in [1.82, 2.24) is 10.6 Å². The number of carbonyl (C=O) groups excluding carboxylic acids is 2. The Morgan fingerprint density at radius 3 is 2.52 bits per heavy atom. The van der Waals surface area contributed by atoms with Gasteiger partial charge in [-0.1, -0.05) is 18.2 Å². The standard InChI is InChI=1S/C21H24N4O4/c1-24(2)18-10-9-14(12-19(18)25(28)29)20(26)16-7-3-4-8-17(16)21(27)23-15-6-5-11-22-13-15/h3-4,7-10,12,15,22H,5-6,11,13H2,1-2H3,(H,23,27)/t15-/m0/s1. The van der Waals surface area contributed by atoms with Crippen molar-refractivity contribution in [3.8, 4) is 0 Å². The second-order valence-corrected chi connectivity index (χ2v) is 7.25. The van der Waals surface area contributed by atoms with Gasteiger partial charge >= 0.3 is 0 Å². The number of nitrogens with zero attached hydrogens (tertiary/aromatic N) is 2. The van der Waals surface area contributed by atoms with Crippen molar-refractivity contribution in [1.29, 1.82) is 0 Å². The molecule has 0 radical (unpaired) electrons. The smallest absolute Gasteiger partial charge is 0.293 e. The summed E-state index contributed by atoms with van der Waals surface area (Å²) < 4.78 is 0. The van der Waals surface area contributed by atoms with Crippen molar-refractivity contribution in [2.45, 2.75) is 18.9 Å². The van der Waals surface area contributed by atoms with Crippen molar-refractivity contribution >= 4 is 23.1 Å². The largest absolute Gasteiger partial charge is 0.372 e. The predicted molar refractivity (Wildman–Crippen MR) is 111 cm³/mol. The van der Waals surface area contributed by atoms with Crippen LogP contribution in [0.15, 0.2) is 42.5 Å². The highest BCUT2D eigenvalue weighted by Gasteiger charge is 2.24. The summed E-state index contributed by atoms with van der Waals surface area (Å²) in [7, 11) is 3.40. The van der Waals surface area contributed by atoms with Gasteiger partial charge in [0.1, 0.15) is 5.69 Å². The molecular weight excluding hydrogens is 372 g/mol. The minimum atomic E-state index is -0.513. The Hall–Kier alpha value is -3.26. The Balaban J connectivity index is 1.91. The Morgan fingerprint density at radius 2 is 1.90 bits per heavy atom. The quantitative estimate of drug-likeness (QED) is 0.441. The normalized spacial score (nSPS) is 16.1. The molecule has 3 rings (SSSR count). The number of piperidine rings is 1. The van der Waals surface area contributed by atoms with Gasteiger partial charge in [0.05, 0.1) is 10.5 Å². The van der Waals surface area contributed by atoms with Crippen LogP contribution in [0.5, 0.6) is 0 Å².